The van der Waals surface area contributed by atoms with Crippen LogP contribution < -0.4 is 5.32 Å². The van der Waals surface area contributed by atoms with E-state index in [1.165, 1.54) is 5.56 Å². The van der Waals surface area contributed by atoms with Crippen molar-refractivity contribution in [2.24, 2.45) is 13.0 Å². The number of hydrogen-bond acceptors (Lipinski definition) is 3. The van der Waals surface area contributed by atoms with Gasteiger partial charge in [0, 0.05) is 32.8 Å². The van der Waals surface area contributed by atoms with E-state index >= 15 is 0 Å². The molecule has 0 radical (unpaired) electrons. The van der Waals surface area contributed by atoms with Crippen LogP contribution >= 0.6 is 0 Å². The zero-order valence-corrected chi connectivity index (χ0v) is 13.1. The van der Waals surface area contributed by atoms with Gasteiger partial charge in [0.15, 0.2) is 0 Å². The van der Waals surface area contributed by atoms with Crippen LogP contribution in [0, 0.1) is 5.92 Å². The molecule has 0 saturated carbocycles. The summed E-state index contributed by atoms with van der Waals surface area (Å²) in [6.07, 6.45) is 4.42. The summed E-state index contributed by atoms with van der Waals surface area (Å²) in [5.74, 6) is -0.362. The van der Waals surface area contributed by atoms with Gasteiger partial charge < -0.3 is 10.2 Å². The first-order valence-corrected chi connectivity index (χ1v) is 7.73. The highest BCUT2D eigenvalue weighted by atomic mass is 16.2. The molecule has 1 N–H and O–H groups in total. The Morgan fingerprint density at radius 1 is 1.35 bits per heavy atom. The molecule has 2 aromatic rings. The predicted molar refractivity (Wildman–Crippen MR) is 86.7 cm³/mol. The molecule has 120 valence electrons. The van der Waals surface area contributed by atoms with E-state index in [-0.39, 0.29) is 24.2 Å². The van der Waals surface area contributed by atoms with Crippen LogP contribution in [0.4, 0.5) is 5.69 Å². The Kier molecular flexibility index (Phi) is 4.41. The molecule has 1 fully saturated rings. The lowest BCUT2D eigenvalue weighted by Crippen LogP contribution is -2.29. The largest absolute Gasteiger partial charge is 0.342 e. The van der Waals surface area contributed by atoms with E-state index in [4.69, 9.17) is 0 Å². The summed E-state index contributed by atoms with van der Waals surface area (Å²) in [4.78, 5) is 26.1. The lowest BCUT2D eigenvalue weighted by atomic mass is 10.1. The third-order valence-corrected chi connectivity index (χ3v) is 4.07. The van der Waals surface area contributed by atoms with Crippen LogP contribution in [0.15, 0.2) is 42.7 Å². The van der Waals surface area contributed by atoms with Crippen LogP contribution in [0.1, 0.15) is 12.0 Å². The Balaban J connectivity index is 1.53. The van der Waals surface area contributed by atoms with Gasteiger partial charge in [0.2, 0.25) is 11.8 Å². The molecule has 1 saturated heterocycles. The van der Waals surface area contributed by atoms with Gasteiger partial charge in [-0.1, -0.05) is 30.3 Å². The molecule has 3 rings (SSSR count). The van der Waals surface area contributed by atoms with Gasteiger partial charge in [-0.2, -0.15) is 5.10 Å². The Morgan fingerprint density at radius 3 is 2.83 bits per heavy atom. The summed E-state index contributed by atoms with van der Waals surface area (Å²) in [6, 6.07) is 10.1. The maximum atomic E-state index is 12.3. The van der Waals surface area contributed by atoms with Crippen molar-refractivity contribution in [2.75, 3.05) is 18.4 Å². The number of anilines is 1. The summed E-state index contributed by atoms with van der Waals surface area (Å²) in [5.41, 5.74) is 1.86. The van der Waals surface area contributed by atoms with Gasteiger partial charge in [0.05, 0.1) is 17.8 Å². The number of hydrogen-bond donors (Lipinski definition) is 1. The molecule has 6 heteroatoms. The van der Waals surface area contributed by atoms with E-state index in [9.17, 15) is 9.59 Å². The van der Waals surface area contributed by atoms with Crippen LogP contribution in [0.25, 0.3) is 0 Å². The molecule has 1 unspecified atom stereocenters. The Hall–Kier alpha value is -2.63. The van der Waals surface area contributed by atoms with Gasteiger partial charge in [0.1, 0.15) is 0 Å². The molecule has 23 heavy (non-hydrogen) atoms. The fourth-order valence-corrected chi connectivity index (χ4v) is 2.80. The topological polar surface area (TPSA) is 67.2 Å². The minimum absolute atomic E-state index is 0.0484. The fourth-order valence-electron chi connectivity index (χ4n) is 2.80. The molecule has 1 aliphatic rings. The average Bonchev–Trinajstić information content (AvgIpc) is 3.12. The van der Waals surface area contributed by atoms with Crippen molar-refractivity contribution in [3.05, 3.63) is 48.3 Å². The Morgan fingerprint density at radius 2 is 2.13 bits per heavy atom. The number of nitrogens with zero attached hydrogens (tertiary/aromatic N) is 3. The van der Waals surface area contributed by atoms with Gasteiger partial charge in [-0.15, -0.1) is 0 Å². The van der Waals surface area contributed by atoms with Crippen LogP contribution in [0.2, 0.25) is 0 Å². The number of amides is 2. The smallest absolute Gasteiger partial charge is 0.229 e. The molecule has 0 bridgehead atoms. The van der Waals surface area contributed by atoms with Crippen LogP contribution in [0.3, 0.4) is 0 Å². The third-order valence-electron chi connectivity index (χ3n) is 4.07. The van der Waals surface area contributed by atoms with Crippen molar-refractivity contribution in [2.45, 2.75) is 12.8 Å². The van der Waals surface area contributed by atoms with E-state index in [0.717, 1.165) is 6.42 Å². The van der Waals surface area contributed by atoms with Crippen molar-refractivity contribution >= 4 is 17.5 Å². The zero-order chi connectivity index (χ0) is 16.2. The predicted octanol–water partition coefficient (Wildman–Crippen LogP) is 1.45. The molecule has 2 amide bonds. The summed E-state index contributed by atoms with van der Waals surface area (Å²) in [7, 11) is 1.79. The van der Waals surface area contributed by atoms with Crippen LogP contribution in [-0.4, -0.2) is 39.6 Å². The number of nitrogens with one attached hydrogen (secondary N) is 1. The average molecular weight is 312 g/mol. The first-order chi connectivity index (χ1) is 11.1. The lowest BCUT2D eigenvalue weighted by Gasteiger charge is -2.16. The van der Waals surface area contributed by atoms with Crippen LogP contribution in [0.5, 0.6) is 0 Å². The number of rotatable bonds is 5. The first-order valence-electron chi connectivity index (χ1n) is 7.73. The number of aryl methyl sites for hydroxylation is 1. The molecule has 6 nitrogen and oxygen atoms in total. The monoisotopic (exact) mass is 312 g/mol. The van der Waals surface area contributed by atoms with Crippen molar-refractivity contribution in [3.63, 3.8) is 0 Å². The zero-order valence-electron chi connectivity index (χ0n) is 13.1. The summed E-state index contributed by atoms with van der Waals surface area (Å²) >= 11 is 0. The summed E-state index contributed by atoms with van der Waals surface area (Å²) in [5, 5.41) is 6.83. The molecule has 1 atom stereocenters. The minimum Gasteiger partial charge on any atom is -0.342 e. The molecule has 0 aliphatic carbocycles. The van der Waals surface area contributed by atoms with Gasteiger partial charge >= 0.3 is 0 Å². The standard InChI is InChI=1S/C17H20N4O2/c1-20-12-15(10-18-20)19-17(23)14-9-16(22)21(11-14)8-7-13-5-3-2-4-6-13/h2-6,10,12,14H,7-9,11H2,1H3,(H,19,23). The van der Waals surface area contributed by atoms with Gasteiger partial charge in [0.25, 0.3) is 0 Å². The van der Waals surface area contributed by atoms with E-state index in [1.54, 1.807) is 29.0 Å². The van der Waals surface area contributed by atoms with Gasteiger partial charge in [-0.25, -0.2) is 0 Å². The molecular formula is C17H20N4O2. The lowest BCUT2D eigenvalue weighted by molar-refractivity contribution is -0.128. The van der Waals surface area contributed by atoms with Gasteiger partial charge in [-0.05, 0) is 12.0 Å². The number of carbonyl (C=O) groups excluding carboxylic acids is 2. The molecule has 1 aromatic heterocycles. The molecule has 0 spiro atoms. The molecular weight excluding hydrogens is 292 g/mol. The van der Waals surface area contributed by atoms with Crippen molar-refractivity contribution in [1.29, 1.82) is 0 Å². The van der Waals surface area contributed by atoms with Crippen LogP contribution in [-0.2, 0) is 23.1 Å². The second kappa shape index (κ2) is 6.64. The minimum atomic E-state index is -0.293. The fraction of sp³-hybridized carbons (Fsp3) is 0.353. The second-order valence-electron chi connectivity index (χ2n) is 5.87. The van der Waals surface area contributed by atoms with Gasteiger partial charge in [-0.3, -0.25) is 14.3 Å². The van der Waals surface area contributed by atoms with E-state index in [0.29, 0.717) is 18.8 Å². The highest BCUT2D eigenvalue weighted by Gasteiger charge is 2.34. The van der Waals surface area contributed by atoms with E-state index in [2.05, 4.69) is 10.4 Å². The van der Waals surface area contributed by atoms with Crippen molar-refractivity contribution in [3.8, 4) is 0 Å². The maximum absolute atomic E-state index is 12.3. The number of carbonyl (C=O) groups is 2. The quantitative estimate of drug-likeness (QED) is 0.908. The molecule has 1 aliphatic heterocycles. The Bertz CT molecular complexity index is 696. The van der Waals surface area contributed by atoms with E-state index in [1.807, 2.05) is 30.3 Å². The highest BCUT2D eigenvalue weighted by molar-refractivity contribution is 5.97. The Labute approximate surface area is 135 Å². The molecule has 1 aromatic carbocycles. The third kappa shape index (κ3) is 3.77. The number of likely N-dealkylation sites (tertiary alicyclic amines) is 1. The second-order valence-corrected chi connectivity index (χ2v) is 5.87. The highest BCUT2D eigenvalue weighted by Crippen LogP contribution is 2.20. The normalized spacial score (nSPS) is 17.5. The molecule has 2 heterocycles. The SMILES string of the molecule is Cn1cc(NC(=O)C2CC(=O)N(CCc3ccccc3)C2)cn1. The van der Waals surface area contributed by atoms with Crippen molar-refractivity contribution in [1.82, 2.24) is 14.7 Å². The summed E-state index contributed by atoms with van der Waals surface area (Å²) in [6.45, 7) is 1.14. The number of benzene rings is 1. The first kappa shape index (κ1) is 15.3. The van der Waals surface area contributed by atoms with E-state index < -0.39 is 0 Å². The number of aromatic nitrogens is 2. The maximum Gasteiger partial charge on any atom is 0.229 e. The van der Waals surface area contributed by atoms with Crippen molar-refractivity contribution < 1.29 is 9.59 Å². The summed E-state index contributed by atoms with van der Waals surface area (Å²) < 4.78 is 1.63.